The van der Waals surface area contributed by atoms with Crippen LogP contribution in [-0.4, -0.2) is 57.1 Å². The minimum atomic E-state index is -3.64. The predicted molar refractivity (Wildman–Crippen MR) is 134 cm³/mol. The number of anilines is 1. The number of amides is 1. The molecule has 1 N–H and O–H groups in total. The smallest absolute Gasteiger partial charge is 0.243 e. The molecule has 4 aromatic rings. The third kappa shape index (κ3) is 4.63. The normalized spacial score (nSPS) is 12.0. The van der Waals surface area contributed by atoms with Crippen LogP contribution in [0, 0.1) is 13.8 Å². The van der Waals surface area contributed by atoms with Crippen LogP contribution in [0.2, 0.25) is 0 Å². The highest BCUT2D eigenvalue weighted by atomic mass is 32.2. The number of para-hydroxylation sites is 1. The first kappa shape index (κ1) is 24.1. The summed E-state index contributed by atoms with van der Waals surface area (Å²) in [6, 6.07) is 12.6. The van der Waals surface area contributed by atoms with Gasteiger partial charge in [0.1, 0.15) is 5.82 Å². The Bertz CT molecular complexity index is 1480. The molecule has 2 aromatic heterocycles. The number of benzene rings is 2. The van der Waals surface area contributed by atoms with Crippen molar-refractivity contribution in [3.05, 3.63) is 53.9 Å². The summed E-state index contributed by atoms with van der Waals surface area (Å²) in [6.07, 6.45) is 0. The van der Waals surface area contributed by atoms with Crippen LogP contribution in [0.1, 0.15) is 25.2 Å². The molecule has 0 fully saturated rings. The highest BCUT2D eigenvalue weighted by Gasteiger charge is 2.24. The Labute approximate surface area is 202 Å². The number of aryl methyl sites for hydroxylation is 2. The Kier molecular flexibility index (Phi) is 6.87. The zero-order valence-corrected chi connectivity index (χ0v) is 21.1. The number of hydrogen-bond acceptors (Lipinski definition) is 7. The SMILES string of the molecule is CCN(CC)S(=O)(=O)c1cc(NC(=O)CSc2nc3ccccc3c3nc(C)nn23)ccc1C. The fourth-order valence-corrected chi connectivity index (χ4v) is 6.17. The van der Waals surface area contributed by atoms with Gasteiger partial charge in [-0.25, -0.2) is 18.4 Å². The second-order valence-electron chi connectivity index (χ2n) is 7.71. The van der Waals surface area contributed by atoms with Crippen molar-refractivity contribution >= 4 is 49.9 Å². The Morgan fingerprint density at radius 3 is 2.56 bits per heavy atom. The monoisotopic (exact) mass is 498 g/mol. The van der Waals surface area contributed by atoms with Crippen LogP contribution in [0.3, 0.4) is 0 Å². The van der Waals surface area contributed by atoms with Crippen LogP contribution >= 0.6 is 11.8 Å². The van der Waals surface area contributed by atoms with Crippen molar-refractivity contribution in [2.75, 3.05) is 24.2 Å². The molecule has 0 aliphatic rings. The summed E-state index contributed by atoms with van der Waals surface area (Å²) in [5, 5.41) is 8.67. The van der Waals surface area contributed by atoms with E-state index in [9.17, 15) is 13.2 Å². The van der Waals surface area contributed by atoms with E-state index in [-0.39, 0.29) is 16.6 Å². The fourth-order valence-electron chi connectivity index (χ4n) is 3.71. The molecule has 0 unspecified atom stereocenters. The third-order valence-corrected chi connectivity index (χ3v) is 8.50. The molecule has 0 aliphatic heterocycles. The van der Waals surface area contributed by atoms with Gasteiger partial charge < -0.3 is 5.32 Å². The van der Waals surface area contributed by atoms with Crippen LogP contribution < -0.4 is 5.32 Å². The maximum absolute atomic E-state index is 13.0. The first-order chi connectivity index (χ1) is 16.2. The number of carbonyl (C=O) groups excluding carboxylic acids is 1. The number of nitrogens with one attached hydrogen (secondary N) is 1. The van der Waals surface area contributed by atoms with Gasteiger partial charge in [-0.3, -0.25) is 4.79 Å². The van der Waals surface area contributed by atoms with Crippen LogP contribution in [0.15, 0.2) is 52.5 Å². The van der Waals surface area contributed by atoms with E-state index in [2.05, 4.69) is 20.4 Å². The van der Waals surface area contributed by atoms with Crippen molar-refractivity contribution < 1.29 is 13.2 Å². The van der Waals surface area contributed by atoms with Gasteiger partial charge in [-0.1, -0.05) is 43.8 Å². The summed E-state index contributed by atoms with van der Waals surface area (Å²) < 4.78 is 29.0. The maximum atomic E-state index is 13.0. The van der Waals surface area contributed by atoms with Gasteiger partial charge in [-0.15, -0.1) is 5.10 Å². The fraction of sp³-hybridized carbons (Fsp3) is 0.304. The standard InChI is InChI=1S/C23H26N6O3S2/c1-5-28(6-2)34(31,32)20-13-17(12-11-15(20)3)25-21(30)14-33-23-26-19-10-8-7-9-18(19)22-24-16(4)27-29(22)23/h7-13H,5-6,14H2,1-4H3,(H,25,30). The molecule has 2 aromatic carbocycles. The van der Waals surface area contributed by atoms with Crippen molar-refractivity contribution in [2.45, 2.75) is 37.7 Å². The van der Waals surface area contributed by atoms with E-state index < -0.39 is 10.0 Å². The van der Waals surface area contributed by atoms with Crippen molar-refractivity contribution in [3.8, 4) is 0 Å². The van der Waals surface area contributed by atoms with Crippen molar-refractivity contribution in [1.29, 1.82) is 0 Å². The van der Waals surface area contributed by atoms with Crippen molar-refractivity contribution in [3.63, 3.8) is 0 Å². The lowest BCUT2D eigenvalue weighted by Crippen LogP contribution is -2.31. The Balaban J connectivity index is 1.55. The molecule has 11 heteroatoms. The third-order valence-electron chi connectivity index (χ3n) is 5.38. The molecule has 4 rings (SSSR count). The first-order valence-corrected chi connectivity index (χ1v) is 13.3. The average molecular weight is 499 g/mol. The summed E-state index contributed by atoms with van der Waals surface area (Å²) >= 11 is 1.24. The molecule has 178 valence electrons. The molecule has 0 bridgehead atoms. The number of nitrogens with zero attached hydrogens (tertiary/aromatic N) is 5. The number of aromatic nitrogens is 4. The van der Waals surface area contributed by atoms with Crippen molar-refractivity contribution in [1.82, 2.24) is 23.9 Å². The average Bonchev–Trinajstić information content (AvgIpc) is 3.21. The predicted octanol–water partition coefficient (Wildman–Crippen LogP) is 3.66. The summed E-state index contributed by atoms with van der Waals surface area (Å²) in [4.78, 5) is 22.1. The second kappa shape index (κ2) is 9.69. The molecule has 0 saturated heterocycles. The van der Waals surface area contributed by atoms with Crippen molar-refractivity contribution in [2.24, 2.45) is 0 Å². The largest absolute Gasteiger partial charge is 0.325 e. The highest BCUT2D eigenvalue weighted by molar-refractivity contribution is 7.99. The van der Waals surface area contributed by atoms with Crippen LogP contribution in [-0.2, 0) is 14.8 Å². The highest BCUT2D eigenvalue weighted by Crippen LogP contribution is 2.26. The molecule has 34 heavy (non-hydrogen) atoms. The molecule has 0 radical (unpaired) electrons. The first-order valence-electron chi connectivity index (χ1n) is 10.9. The number of fused-ring (bicyclic) bond motifs is 3. The maximum Gasteiger partial charge on any atom is 0.243 e. The van der Waals surface area contributed by atoms with Gasteiger partial charge in [0.05, 0.1) is 16.2 Å². The van der Waals surface area contributed by atoms with E-state index in [1.54, 1.807) is 37.4 Å². The molecule has 0 spiro atoms. The molecule has 0 atom stereocenters. The van der Waals surface area contributed by atoms with Gasteiger partial charge in [-0.05, 0) is 43.7 Å². The van der Waals surface area contributed by atoms with E-state index in [4.69, 9.17) is 0 Å². The lowest BCUT2D eigenvalue weighted by molar-refractivity contribution is -0.113. The molecule has 1 amide bonds. The number of thioether (sulfide) groups is 1. The van der Waals surface area contributed by atoms with Crippen LogP contribution in [0.5, 0.6) is 0 Å². The van der Waals surface area contributed by atoms with Crippen LogP contribution in [0.4, 0.5) is 5.69 Å². The Morgan fingerprint density at radius 2 is 1.82 bits per heavy atom. The van der Waals surface area contributed by atoms with Gasteiger partial charge in [0.15, 0.2) is 10.8 Å². The molecule has 9 nitrogen and oxygen atoms in total. The lowest BCUT2D eigenvalue weighted by atomic mass is 10.2. The molecular weight excluding hydrogens is 472 g/mol. The molecule has 2 heterocycles. The topological polar surface area (TPSA) is 110 Å². The summed E-state index contributed by atoms with van der Waals surface area (Å²) in [5.41, 5.74) is 2.52. The Hall–Kier alpha value is -3.02. The van der Waals surface area contributed by atoms with Gasteiger partial charge >= 0.3 is 0 Å². The summed E-state index contributed by atoms with van der Waals surface area (Å²) in [7, 11) is -3.64. The summed E-state index contributed by atoms with van der Waals surface area (Å²) in [6.45, 7) is 7.90. The van der Waals surface area contributed by atoms with E-state index in [0.717, 1.165) is 10.9 Å². The zero-order valence-electron chi connectivity index (χ0n) is 19.4. The van der Waals surface area contributed by atoms with E-state index in [1.165, 1.54) is 22.1 Å². The quantitative estimate of drug-likeness (QED) is 0.292. The zero-order chi connectivity index (χ0) is 24.5. The van der Waals surface area contributed by atoms with Crippen LogP contribution in [0.25, 0.3) is 16.6 Å². The van der Waals surface area contributed by atoms with E-state index >= 15 is 0 Å². The minimum absolute atomic E-state index is 0.0748. The van der Waals surface area contributed by atoms with Gasteiger partial charge in [-0.2, -0.15) is 8.82 Å². The second-order valence-corrected chi connectivity index (χ2v) is 10.6. The molecular formula is C23H26N6O3S2. The number of carbonyl (C=O) groups is 1. The molecule has 0 saturated carbocycles. The number of rotatable bonds is 8. The van der Waals surface area contributed by atoms with Gasteiger partial charge in [0.2, 0.25) is 15.9 Å². The lowest BCUT2D eigenvalue weighted by Gasteiger charge is -2.20. The van der Waals surface area contributed by atoms with Gasteiger partial charge in [0, 0.05) is 24.2 Å². The number of sulfonamides is 1. The Morgan fingerprint density at radius 1 is 1.09 bits per heavy atom. The summed E-state index contributed by atoms with van der Waals surface area (Å²) in [5.74, 6) is 0.414. The number of hydrogen-bond donors (Lipinski definition) is 1. The van der Waals surface area contributed by atoms with E-state index in [1.807, 2.05) is 31.2 Å². The van der Waals surface area contributed by atoms with E-state index in [0.29, 0.717) is 41.0 Å². The minimum Gasteiger partial charge on any atom is -0.325 e. The van der Waals surface area contributed by atoms with Gasteiger partial charge in [0.25, 0.3) is 0 Å². The molecule has 0 aliphatic carbocycles.